The smallest absolute Gasteiger partial charge is 0.0851 e. The number of nitrogens with two attached hydrogens (primary N) is 1. The summed E-state index contributed by atoms with van der Waals surface area (Å²) in [5.41, 5.74) is 8.00. The lowest BCUT2D eigenvalue weighted by molar-refractivity contribution is 0.383. The van der Waals surface area contributed by atoms with Crippen LogP contribution in [0, 0.1) is 12.8 Å². The molecule has 2 heterocycles. The Morgan fingerprint density at radius 2 is 2.31 bits per heavy atom. The molecule has 0 aromatic carbocycles. The zero-order valence-corrected chi connectivity index (χ0v) is 10.5. The van der Waals surface area contributed by atoms with E-state index in [1.807, 2.05) is 19.2 Å². The average molecular weight is 240 g/mol. The largest absolute Gasteiger partial charge is 0.370 e. The van der Waals surface area contributed by atoms with Gasteiger partial charge in [0.05, 0.1) is 16.4 Å². The van der Waals surface area contributed by atoms with Crippen molar-refractivity contribution in [2.45, 2.75) is 26.3 Å². The first kappa shape index (κ1) is 11.7. The van der Waals surface area contributed by atoms with Crippen LogP contribution in [0.1, 0.15) is 19.0 Å². The number of hydrogen-bond donors (Lipinski definition) is 1. The van der Waals surface area contributed by atoms with E-state index in [1.165, 1.54) is 0 Å². The van der Waals surface area contributed by atoms with E-state index in [9.17, 15) is 0 Å². The van der Waals surface area contributed by atoms with E-state index in [0.717, 1.165) is 35.9 Å². The molecule has 1 aromatic heterocycles. The van der Waals surface area contributed by atoms with E-state index in [2.05, 4.69) is 16.8 Å². The van der Waals surface area contributed by atoms with Gasteiger partial charge < -0.3 is 10.6 Å². The quantitative estimate of drug-likeness (QED) is 0.817. The van der Waals surface area contributed by atoms with Crippen LogP contribution in [-0.4, -0.2) is 24.1 Å². The molecular formula is C12H18ClN3. The van der Waals surface area contributed by atoms with Gasteiger partial charge in [-0.2, -0.15) is 0 Å². The zero-order valence-electron chi connectivity index (χ0n) is 9.78. The van der Waals surface area contributed by atoms with Crippen LogP contribution in [0.5, 0.6) is 0 Å². The number of anilines is 1. The Hall–Kier alpha value is -0.800. The first-order valence-electron chi connectivity index (χ1n) is 5.71. The Kier molecular flexibility index (Phi) is 3.36. The number of nitrogens with zero attached hydrogens (tertiary/aromatic N) is 2. The highest BCUT2D eigenvalue weighted by molar-refractivity contribution is 6.33. The highest BCUT2D eigenvalue weighted by Crippen LogP contribution is 2.30. The highest BCUT2D eigenvalue weighted by atomic mass is 35.5. The molecule has 16 heavy (non-hydrogen) atoms. The van der Waals surface area contributed by atoms with Crippen LogP contribution in [0.2, 0.25) is 5.02 Å². The molecule has 88 valence electrons. The maximum absolute atomic E-state index is 6.28. The summed E-state index contributed by atoms with van der Waals surface area (Å²) in [6.07, 6.45) is 2.84. The Labute approximate surface area is 102 Å². The van der Waals surface area contributed by atoms with E-state index >= 15 is 0 Å². The molecule has 1 saturated heterocycles. The van der Waals surface area contributed by atoms with Gasteiger partial charge in [0.15, 0.2) is 0 Å². The fraction of sp³-hybridized carbons (Fsp3) is 0.583. The third kappa shape index (κ3) is 2.15. The van der Waals surface area contributed by atoms with E-state index in [-0.39, 0.29) is 0 Å². The molecule has 0 bridgehead atoms. The van der Waals surface area contributed by atoms with Gasteiger partial charge in [-0.05, 0) is 25.3 Å². The second kappa shape index (κ2) is 4.60. The molecule has 2 rings (SSSR count). The van der Waals surface area contributed by atoms with Crippen molar-refractivity contribution in [3.63, 3.8) is 0 Å². The Balaban J connectivity index is 2.22. The molecule has 0 radical (unpaired) electrons. The number of piperidine rings is 1. The van der Waals surface area contributed by atoms with Gasteiger partial charge in [-0.15, -0.1) is 0 Å². The maximum Gasteiger partial charge on any atom is 0.0851 e. The van der Waals surface area contributed by atoms with Crippen molar-refractivity contribution >= 4 is 17.3 Å². The van der Waals surface area contributed by atoms with Crippen molar-refractivity contribution < 1.29 is 0 Å². The molecule has 0 saturated carbocycles. The van der Waals surface area contributed by atoms with Crippen molar-refractivity contribution in [1.82, 2.24) is 4.98 Å². The van der Waals surface area contributed by atoms with Crippen LogP contribution in [0.4, 0.5) is 5.69 Å². The SMILES string of the molecule is Cc1nccc(N2CCC(N)C(C)C2)c1Cl. The van der Waals surface area contributed by atoms with E-state index in [1.54, 1.807) is 0 Å². The van der Waals surface area contributed by atoms with Crippen LogP contribution in [0.15, 0.2) is 12.3 Å². The summed E-state index contributed by atoms with van der Waals surface area (Å²) in [6.45, 7) is 6.09. The third-order valence-corrected chi connectivity index (χ3v) is 3.82. The topological polar surface area (TPSA) is 42.2 Å². The minimum atomic E-state index is 0.318. The number of aromatic nitrogens is 1. The lowest BCUT2D eigenvalue weighted by atomic mass is 9.94. The molecular weight excluding hydrogens is 222 g/mol. The summed E-state index contributed by atoms with van der Waals surface area (Å²) < 4.78 is 0. The number of hydrogen-bond acceptors (Lipinski definition) is 3. The molecule has 0 amide bonds. The molecule has 1 aromatic rings. The molecule has 2 unspecified atom stereocenters. The fourth-order valence-corrected chi connectivity index (χ4v) is 2.39. The van der Waals surface area contributed by atoms with Gasteiger partial charge in [-0.1, -0.05) is 18.5 Å². The van der Waals surface area contributed by atoms with Crippen LogP contribution in [-0.2, 0) is 0 Å². The predicted octanol–water partition coefficient (Wildman–Crippen LogP) is 2.22. The van der Waals surface area contributed by atoms with Gasteiger partial charge in [-0.25, -0.2) is 0 Å². The lowest BCUT2D eigenvalue weighted by Crippen LogP contribution is -2.46. The van der Waals surface area contributed by atoms with Crippen molar-refractivity contribution in [2.24, 2.45) is 11.7 Å². The average Bonchev–Trinajstić information content (AvgIpc) is 2.26. The van der Waals surface area contributed by atoms with Crippen molar-refractivity contribution in [1.29, 1.82) is 0 Å². The van der Waals surface area contributed by atoms with Gasteiger partial charge >= 0.3 is 0 Å². The molecule has 4 heteroatoms. The maximum atomic E-state index is 6.28. The normalized spacial score (nSPS) is 25.9. The number of halogens is 1. The zero-order chi connectivity index (χ0) is 11.7. The molecule has 0 spiro atoms. The molecule has 3 nitrogen and oxygen atoms in total. The van der Waals surface area contributed by atoms with Crippen LogP contribution in [0.3, 0.4) is 0 Å². The summed E-state index contributed by atoms with van der Waals surface area (Å²) >= 11 is 6.28. The third-order valence-electron chi connectivity index (χ3n) is 3.36. The fourth-order valence-electron chi connectivity index (χ4n) is 2.16. The molecule has 0 aliphatic carbocycles. The van der Waals surface area contributed by atoms with Crippen molar-refractivity contribution in [3.05, 3.63) is 23.0 Å². The molecule has 1 aliphatic heterocycles. The van der Waals surface area contributed by atoms with Crippen LogP contribution >= 0.6 is 11.6 Å². The second-order valence-corrected chi connectivity index (χ2v) is 4.98. The Morgan fingerprint density at radius 3 is 3.00 bits per heavy atom. The Morgan fingerprint density at radius 1 is 1.56 bits per heavy atom. The van der Waals surface area contributed by atoms with Crippen molar-refractivity contribution in [2.75, 3.05) is 18.0 Å². The molecule has 2 atom stereocenters. The van der Waals surface area contributed by atoms with Gasteiger partial charge in [0.1, 0.15) is 0 Å². The first-order valence-corrected chi connectivity index (χ1v) is 6.09. The summed E-state index contributed by atoms with van der Waals surface area (Å²) in [5.74, 6) is 0.512. The summed E-state index contributed by atoms with van der Waals surface area (Å²) in [6, 6.07) is 2.30. The van der Waals surface area contributed by atoms with E-state index in [4.69, 9.17) is 17.3 Å². The van der Waals surface area contributed by atoms with Gasteiger partial charge in [0, 0.05) is 25.3 Å². The standard InChI is InChI=1S/C12H18ClN3/c1-8-7-16(6-4-10(8)14)11-3-5-15-9(2)12(11)13/h3,5,8,10H,4,6-7,14H2,1-2H3. The minimum Gasteiger partial charge on any atom is -0.370 e. The predicted molar refractivity (Wildman–Crippen MR) is 68.0 cm³/mol. The minimum absolute atomic E-state index is 0.318. The van der Waals surface area contributed by atoms with Gasteiger partial charge in [-0.3, -0.25) is 4.98 Å². The van der Waals surface area contributed by atoms with E-state index < -0.39 is 0 Å². The molecule has 2 N–H and O–H groups in total. The lowest BCUT2D eigenvalue weighted by Gasteiger charge is -2.37. The molecule has 1 fully saturated rings. The number of rotatable bonds is 1. The second-order valence-electron chi connectivity index (χ2n) is 4.61. The highest BCUT2D eigenvalue weighted by Gasteiger charge is 2.24. The number of aryl methyl sites for hydroxylation is 1. The van der Waals surface area contributed by atoms with Crippen LogP contribution in [0.25, 0.3) is 0 Å². The number of pyridine rings is 1. The molecule has 1 aliphatic rings. The first-order chi connectivity index (χ1) is 7.59. The summed E-state index contributed by atoms with van der Waals surface area (Å²) in [5, 5.41) is 0.769. The summed E-state index contributed by atoms with van der Waals surface area (Å²) in [7, 11) is 0. The van der Waals surface area contributed by atoms with E-state index in [0.29, 0.717) is 12.0 Å². The summed E-state index contributed by atoms with van der Waals surface area (Å²) in [4.78, 5) is 6.50. The van der Waals surface area contributed by atoms with Crippen molar-refractivity contribution in [3.8, 4) is 0 Å². The van der Waals surface area contributed by atoms with Crippen LogP contribution < -0.4 is 10.6 Å². The Bertz CT molecular complexity index is 381. The van der Waals surface area contributed by atoms with Gasteiger partial charge in [0.2, 0.25) is 0 Å². The van der Waals surface area contributed by atoms with Gasteiger partial charge in [0.25, 0.3) is 0 Å². The monoisotopic (exact) mass is 239 g/mol.